The highest BCUT2D eigenvalue weighted by Crippen LogP contribution is 2.55. The molecule has 7 nitrogen and oxygen atoms in total. The van der Waals surface area contributed by atoms with Crippen molar-refractivity contribution >= 4 is 87.0 Å². The number of nitrogens with one attached hydrogen (secondary N) is 1. The Kier molecular flexibility index (Phi) is 7.50. The number of carbonyl (C=O) groups excluding carboxylic acids is 3. The number of carbonyl (C=O) groups is 3. The van der Waals surface area contributed by atoms with E-state index in [-0.39, 0.29) is 22.3 Å². The maximum Gasteiger partial charge on any atom is 0.308 e. The van der Waals surface area contributed by atoms with E-state index in [2.05, 4.69) is 5.32 Å². The Hall–Kier alpha value is -3.08. The van der Waals surface area contributed by atoms with Gasteiger partial charge in [0, 0.05) is 21.5 Å². The van der Waals surface area contributed by atoms with Crippen molar-refractivity contribution in [2.75, 3.05) is 10.2 Å². The fraction of sp³-hybridized carbons (Fsp3) is 0.172. The van der Waals surface area contributed by atoms with E-state index >= 15 is 0 Å². The molecular weight excluding hydrogens is 625 g/mol. The first-order valence-electron chi connectivity index (χ1n) is 12.5. The number of benzene rings is 3. The van der Waals surface area contributed by atoms with E-state index in [0.717, 1.165) is 28.7 Å². The molecule has 0 saturated carbocycles. The number of hydrogen-bond donors (Lipinski definition) is 1. The predicted molar refractivity (Wildman–Crippen MR) is 164 cm³/mol. The van der Waals surface area contributed by atoms with Gasteiger partial charge >= 0.3 is 4.87 Å². The van der Waals surface area contributed by atoms with Crippen LogP contribution in [-0.4, -0.2) is 27.5 Å². The zero-order valence-electron chi connectivity index (χ0n) is 21.3. The van der Waals surface area contributed by atoms with Crippen molar-refractivity contribution in [2.45, 2.75) is 29.7 Å². The van der Waals surface area contributed by atoms with Gasteiger partial charge in [0.2, 0.25) is 17.7 Å². The number of rotatable bonds is 5. The fourth-order valence-corrected chi connectivity index (χ4v) is 8.49. The minimum absolute atomic E-state index is 0.248. The number of amides is 3. The monoisotopic (exact) mass is 643 g/mol. The first-order valence-corrected chi connectivity index (χ1v) is 15.3. The van der Waals surface area contributed by atoms with E-state index in [9.17, 15) is 19.2 Å². The number of nitrogens with zero attached hydrogens (tertiary/aromatic N) is 2. The van der Waals surface area contributed by atoms with Crippen LogP contribution in [0.4, 0.5) is 11.4 Å². The molecule has 2 aliphatic rings. The van der Waals surface area contributed by atoms with Gasteiger partial charge in [0.1, 0.15) is 11.8 Å². The molecule has 3 atom stereocenters. The molecule has 1 N–H and O–H groups in total. The van der Waals surface area contributed by atoms with Crippen LogP contribution in [-0.2, 0) is 20.9 Å². The molecule has 2 aliphatic heterocycles. The molecule has 0 bridgehead atoms. The van der Waals surface area contributed by atoms with Crippen molar-refractivity contribution in [2.24, 2.45) is 5.92 Å². The first kappa shape index (κ1) is 28.1. The smallest absolute Gasteiger partial charge is 0.308 e. The number of imide groups is 1. The van der Waals surface area contributed by atoms with Crippen LogP contribution in [0.5, 0.6) is 0 Å². The summed E-state index contributed by atoms with van der Waals surface area (Å²) in [6, 6.07) is 18.9. The minimum Gasteiger partial charge on any atom is -0.325 e. The van der Waals surface area contributed by atoms with Crippen LogP contribution in [0.25, 0.3) is 0 Å². The highest BCUT2D eigenvalue weighted by molar-refractivity contribution is 8.00. The van der Waals surface area contributed by atoms with E-state index in [0.29, 0.717) is 36.9 Å². The number of anilines is 2. The summed E-state index contributed by atoms with van der Waals surface area (Å²) < 4.78 is 1.35. The molecule has 3 amide bonds. The van der Waals surface area contributed by atoms with E-state index in [4.69, 9.17) is 34.8 Å². The molecule has 1 saturated heterocycles. The van der Waals surface area contributed by atoms with Gasteiger partial charge in [0.05, 0.1) is 26.7 Å². The molecule has 0 spiro atoms. The van der Waals surface area contributed by atoms with Crippen LogP contribution >= 0.6 is 57.9 Å². The third-order valence-electron chi connectivity index (χ3n) is 7.09. The van der Waals surface area contributed by atoms with Gasteiger partial charge in [-0.3, -0.25) is 23.7 Å². The fourth-order valence-electron chi connectivity index (χ4n) is 5.18. The standard InChI is InChI=1S/C29H20Cl3N3O4S2/c1-14-5-11-17(12-6-14)35-26(37)22-21(18-3-2-4-19(31)23(18)32)25-28(40-24(22)27(35)38)34(29(39)41-25)13-20(36)33-16-9-7-15(30)8-10-16/h2-12,21-22,24H,13H2,1H3,(H,33,36)/t21-,22?,24?/m1/s1. The van der Waals surface area contributed by atoms with Gasteiger partial charge < -0.3 is 5.32 Å². The van der Waals surface area contributed by atoms with Crippen molar-refractivity contribution in [3.63, 3.8) is 0 Å². The quantitative estimate of drug-likeness (QED) is 0.247. The zero-order chi connectivity index (χ0) is 29.0. The largest absolute Gasteiger partial charge is 0.325 e. The molecule has 12 heteroatoms. The topological polar surface area (TPSA) is 88.5 Å². The second-order valence-corrected chi connectivity index (χ2v) is 13.1. The average Bonchev–Trinajstić information content (AvgIpc) is 3.38. The molecule has 0 radical (unpaired) electrons. The molecule has 3 heterocycles. The summed E-state index contributed by atoms with van der Waals surface area (Å²) in [5.74, 6) is -2.74. The Balaban J connectivity index is 1.43. The Bertz CT molecular complexity index is 1770. The molecule has 1 fully saturated rings. The Morgan fingerprint density at radius 2 is 1.63 bits per heavy atom. The first-order chi connectivity index (χ1) is 19.6. The van der Waals surface area contributed by atoms with Gasteiger partial charge in [-0.1, -0.05) is 87.7 Å². The highest BCUT2D eigenvalue weighted by Gasteiger charge is 2.57. The summed E-state index contributed by atoms with van der Waals surface area (Å²) in [5, 5.41) is 3.46. The second-order valence-electron chi connectivity index (χ2n) is 9.71. The average molecular weight is 645 g/mol. The minimum atomic E-state index is -0.837. The van der Waals surface area contributed by atoms with Gasteiger partial charge in [0.15, 0.2) is 0 Å². The molecule has 6 rings (SSSR count). The lowest BCUT2D eigenvalue weighted by Crippen LogP contribution is -2.33. The molecule has 0 aliphatic carbocycles. The lowest BCUT2D eigenvalue weighted by molar-refractivity contribution is -0.122. The van der Waals surface area contributed by atoms with Gasteiger partial charge in [-0.15, -0.1) is 0 Å². The summed E-state index contributed by atoms with van der Waals surface area (Å²) >= 11 is 21.1. The molecule has 4 aromatic rings. The SMILES string of the molecule is Cc1ccc(N2C(=O)C3Sc4c(sc(=O)n4CC(=O)Nc4ccc(Cl)cc4)[C@H](c4cccc(Cl)c4Cl)C3C2=O)cc1. The van der Waals surface area contributed by atoms with Gasteiger partial charge in [0.25, 0.3) is 0 Å². The van der Waals surface area contributed by atoms with Gasteiger partial charge in [-0.05, 0) is 55.0 Å². The number of thiazole rings is 1. The molecule has 208 valence electrons. The Morgan fingerprint density at radius 1 is 0.927 bits per heavy atom. The summed E-state index contributed by atoms with van der Waals surface area (Å²) in [4.78, 5) is 55.5. The van der Waals surface area contributed by atoms with Crippen molar-refractivity contribution in [3.8, 4) is 0 Å². The molecule has 2 unspecified atom stereocenters. The number of aryl methyl sites for hydroxylation is 1. The summed E-state index contributed by atoms with van der Waals surface area (Å²) in [5.41, 5.74) is 2.53. The van der Waals surface area contributed by atoms with Crippen molar-refractivity contribution < 1.29 is 14.4 Å². The maximum atomic E-state index is 14.0. The number of thioether (sulfide) groups is 1. The third-order valence-corrected chi connectivity index (χ3v) is 10.8. The van der Waals surface area contributed by atoms with Crippen LogP contribution in [0.1, 0.15) is 21.9 Å². The number of fused-ring (bicyclic) bond motifs is 2. The Morgan fingerprint density at radius 3 is 2.34 bits per heavy atom. The number of hydrogen-bond acceptors (Lipinski definition) is 6. The van der Waals surface area contributed by atoms with E-state index in [1.54, 1.807) is 54.6 Å². The predicted octanol–water partition coefficient (Wildman–Crippen LogP) is 6.61. The zero-order valence-corrected chi connectivity index (χ0v) is 25.2. The third kappa shape index (κ3) is 5.00. The summed E-state index contributed by atoms with van der Waals surface area (Å²) in [7, 11) is 0. The molecule has 1 aromatic heterocycles. The van der Waals surface area contributed by atoms with Crippen molar-refractivity contribution in [1.82, 2.24) is 4.57 Å². The lowest BCUT2D eigenvalue weighted by atomic mass is 9.83. The van der Waals surface area contributed by atoms with E-state index in [1.807, 2.05) is 19.1 Å². The van der Waals surface area contributed by atoms with Crippen LogP contribution in [0.3, 0.4) is 0 Å². The molecular formula is C29H20Cl3N3O4S2. The van der Waals surface area contributed by atoms with Crippen LogP contribution < -0.4 is 15.1 Å². The lowest BCUT2D eigenvalue weighted by Gasteiger charge is -2.31. The number of aromatic nitrogens is 1. The summed E-state index contributed by atoms with van der Waals surface area (Å²) in [6.07, 6.45) is 0. The Labute approximate surface area is 258 Å². The maximum absolute atomic E-state index is 14.0. The van der Waals surface area contributed by atoms with Gasteiger partial charge in [-0.2, -0.15) is 0 Å². The number of halogens is 3. The van der Waals surface area contributed by atoms with Crippen LogP contribution in [0, 0.1) is 12.8 Å². The molecule has 3 aromatic carbocycles. The van der Waals surface area contributed by atoms with E-state index in [1.165, 1.54) is 9.47 Å². The normalized spacial score (nSPS) is 19.7. The molecule has 41 heavy (non-hydrogen) atoms. The van der Waals surface area contributed by atoms with Crippen LogP contribution in [0.15, 0.2) is 76.6 Å². The second kappa shape index (κ2) is 11.0. The summed E-state index contributed by atoms with van der Waals surface area (Å²) in [6.45, 7) is 1.64. The van der Waals surface area contributed by atoms with Gasteiger partial charge in [-0.25, -0.2) is 4.90 Å². The van der Waals surface area contributed by atoms with Crippen LogP contribution in [0.2, 0.25) is 15.1 Å². The van der Waals surface area contributed by atoms with Crippen molar-refractivity contribution in [3.05, 3.63) is 107 Å². The van der Waals surface area contributed by atoms with E-state index < -0.39 is 28.9 Å². The highest BCUT2D eigenvalue weighted by atomic mass is 35.5. The van der Waals surface area contributed by atoms with Crippen molar-refractivity contribution in [1.29, 1.82) is 0 Å².